The smallest absolute Gasteiger partial charge is 0.422 e. The Kier molecular flexibility index (Phi) is 7.01. The lowest BCUT2D eigenvalue weighted by Crippen LogP contribution is -2.36. The maximum atomic E-state index is 13.9. The summed E-state index contributed by atoms with van der Waals surface area (Å²) in [5.74, 6) is -2.20. The first-order valence-electron chi connectivity index (χ1n) is 8.15. The van der Waals surface area contributed by atoms with E-state index in [1.54, 1.807) is 0 Å². The highest BCUT2D eigenvalue weighted by Gasteiger charge is 2.36. The van der Waals surface area contributed by atoms with Crippen LogP contribution in [0.2, 0.25) is 0 Å². The number of halogens is 4. The summed E-state index contributed by atoms with van der Waals surface area (Å²) in [7, 11) is 0. The molecule has 2 unspecified atom stereocenters. The lowest BCUT2D eigenvalue weighted by Gasteiger charge is -2.24. The van der Waals surface area contributed by atoms with Crippen LogP contribution in [0, 0.1) is 0 Å². The van der Waals surface area contributed by atoms with E-state index in [1.165, 1.54) is 13.8 Å². The number of rotatable bonds is 6. The molecule has 0 aromatic carbocycles. The van der Waals surface area contributed by atoms with Gasteiger partial charge in [0.25, 0.3) is 5.91 Å². The first kappa shape index (κ1) is 20.7. The Bertz CT molecular complexity index is 563. The molecule has 148 valence electrons. The third kappa shape index (κ3) is 6.26. The van der Waals surface area contributed by atoms with Gasteiger partial charge in [0.15, 0.2) is 12.4 Å². The fourth-order valence-corrected chi connectivity index (χ4v) is 2.61. The van der Waals surface area contributed by atoms with Crippen LogP contribution in [0.5, 0.6) is 0 Å². The van der Waals surface area contributed by atoms with Gasteiger partial charge < -0.3 is 19.5 Å². The summed E-state index contributed by atoms with van der Waals surface area (Å²) < 4.78 is 65.9. The topological polar surface area (TPSA) is 60.0 Å². The van der Waals surface area contributed by atoms with Gasteiger partial charge in [-0.1, -0.05) is 0 Å². The van der Waals surface area contributed by atoms with Gasteiger partial charge >= 0.3 is 6.18 Å². The van der Waals surface area contributed by atoms with E-state index >= 15 is 0 Å². The Balaban J connectivity index is 1.81. The van der Waals surface area contributed by atoms with Crippen LogP contribution in [0.3, 0.4) is 0 Å². The van der Waals surface area contributed by atoms with E-state index in [-0.39, 0.29) is 30.2 Å². The van der Waals surface area contributed by atoms with Gasteiger partial charge in [-0.25, -0.2) is 4.39 Å². The Labute approximate surface area is 148 Å². The quantitative estimate of drug-likeness (QED) is 0.432. The van der Waals surface area contributed by atoms with Gasteiger partial charge in [0.2, 0.25) is 0 Å². The molecular weight excluding hydrogens is 360 g/mol. The van der Waals surface area contributed by atoms with Gasteiger partial charge in [0, 0.05) is 19.6 Å². The molecule has 1 N–H and O–H groups in total. The predicted octanol–water partition coefficient (Wildman–Crippen LogP) is 1.89. The summed E-state index contributed by atoms with van der Waals surface area (Å²) >= 11 is 0. The molecule has 2 aliphatic heterocycles. The molecule has 6 nitrogen and oxygen atoms in total. The minimum Gasteiger partial charge on any atom is -0.487 e. The summed E-state index contributed by atoms with van der Waals surface area (Å²) in [4.78, 5) is 13.7. The van der Waals surface area contributed by atoms with Crippen molar-refractivity contribution in [3.05, 3.63) is 23.4 Å². The van der Waals surface area contributed by atoms with Gasteiger partial charge in [0.05, 0.1) is 31.1 Å². The monoisotopic (exact) mass is 382 g/mol. The summed E-state index contributed by atoms with van der Waals surface area (Å²) in [5.41, 5.74) is 0.0109. The molecule has 0 aliphatic carbocycles. The fraction of sp³-hybridized carbons (Fsp3) is 0.688. The highest BCUT2D eigenvalue weighted by Crippen LogP contribution is 2.20. The summed E-state index contributed by atoms with van der Waals surface area (Å²) in [5, 5.41) is 2.18. The first-order chi connectivity index (χ1) is 12.2. The number of carbonyl (C=O) groups excluding carboxylic acids is 1. The van der Waals surface area contributed by atoms with Crippen LogP contribution in [0.25, 0.3) is 0 Å². The van der Waals surface area contributed by atoms with Crippen molar-refractivity contribution in [1.82, 2.24) is 10.2 Å². The van der Waals surface area contributed by atoms with Gasteiger partial charge in [-0.15, -0.1) is 0 Å². The molecule has 2 atom stereocenters. The number of hydrogen-bond acceptors (Lipinski definition) is 5. The Hall–Kier alpha value is -1.65. The molecule has 0 aromatic rings. The third-order valence-corrected chi connectivity index (χ3v) is 4.07. The highest BCUT2D eigenvalue weighted by atomic mass is 19.4. The molecule has 2 heterocycles. The fourth-order valence-electron chi connectivity index (χ4n) is 2.61. The van der Waals surface area contributed by atoms with Crippen molar-refractivity contribution in [2.75, 3.05) is 39.5 Å². The molecule has 10 heteroatoms. The molecule has 0 saturated carbocycles. The van der Waals surface area contributed by atoms with Gasteiger partial charge in [-0.3, -0.25) is 9.69 Å². The van der Waals surface area contributed by atoms with Crippen molar-refractivity contribution in [2.45, 2.75) is 32.2 Å². The number of fused-ring (bicyclic) bond motifs is 1. The van der Waals surface area contributed by atoms with Crippen molar-refractivity contribution in [1.29, 1.82) is 0 Å². The number of amides is 1. The normalized spacial score (nSPS) is 25.5. The Morgan fingerprint density at radius 3 is 2.35 bits per heavy atom. The lowest BCUT2D eigenvalue weighted by molar-refractivity contribution is -0.164. The number of hydrogen-bond donors (Lipinski definition) is 1. The molecular formula is C16H22F4N2O4. The van der Waals surface area contributed by atoms with E-state index in [1.807, 2.05) is 4.90 Å². The molecule has 0 bridgehead atoms. The number of ether oxygens (including phenoxy) is 3. The largest absolute Gasteiger partial charge is 0.487 e. The van der Waals surface area contributed by atoms with E-state index in [9.17, 15) is 22.4 Å². The average Bonchev–Trinajstić information content (AvgIpc) is 2.99. The van der Waals surface area contributed by atoms with Crippen LogP contribution in [-0.2, 0) is 19.0 Å². The molecule has 26 heavy (non-hydrogen) atoms. The second kappa shape index (κ2) is 8.83. The summed E-state index contributed by atoms with van der Waals surface area (Å²) in [6.07, 6.45) is -3.47. The van der Waals surface area contributed by atoms with E-state index in [4.69, 9.17) is 9.47 Å². The van der Waals surface area contributed by atoms with Crippen molar-refractivity contribution >= 4 is 5.91 Å². The van der Waals surface area contributed by atoms with Crippen molar-refractivity contribution < 1.29 is 36.6 Å². The number of nitrogens with zero attached hydrogens (tertiary/aromatic N) is 1. The van der Waals surface area contributed by atoms with Crippen LogP contribution in [-0.4, -0.2) is 68.6 Å². The Morgan fingerprint density at radius 1 is 1.23 bits per heavy atom. The second-order valence-electron chi connectivity index (χ2n) is 6.13. The molecule has 0 radical (unpaired) electrons. The van der Waals surface area contributed by atoms with E-state index in [0.717, 1.165) is 6.08 Å². The molecule has 0 spiro atoms. The third-order valence-electron chi connectivity index (χ3n) is 4.07. The van der Waals surface area contributed by atoms with Crippen LogP contribution in [0.15, 0.2) is 23.4 Å². The van der Waals surface area contributed by atoms with Crippen LogP contribution in [0.1, 0.15) is 13.8 Å². The summed E-state index contributed by atoms with van der Waals surface area (Å²) in [6, 6.07) is 0. The number of likely N-dealkylation sites (tertiary alicyclic amines) is 1. The van der Waals surface area contributed by atoms with Crippen LogP contribution in [0.4, 0.5) is 17.6 Å². The van der Waals surface area contributed by atoms with Crippen LogP contribution < -0.4 is 5.32 Å². The van der Waals surface area contributed by atoms with Crippen molar-refractivity contribution in [2.24, 2.45) is 0 Å². The zero-order valence-corrected chi connectivity index (χ0v) is 14.6. The number of alkyl halides is 3. The second-order valence-corrected chi connectivity index (χ2v) is 6.13. The number of carbonyl (C=O) groups is 1. The van der Waals surface area contributed by atoms with E-state index in [0.29, 0.717) is 26.3 Å². The molecule has 0 aromatic heterocycles. The van der Waals surface area contributed by atoms with Crippen molar-refractivity contribution in [3.63, 3.8) is 0 Å². The SMILES string of the molecule is CC(NC(=O)C(F)=CCN1CC2OCCOC2C1)=C(C)OCC(F)(F)F. The maximum Gasteiger partial charge on any atom is 0.422 e. The Morgan fingerprint density at radius 2 is 1.81 bits per heavy atom. The molecule has 2 fully saturated rings. The van der Waals surface area contributed by atoms with Gasteiger partial charge in [-0.2, -0.15) is 13.2 Å². The molecule has 1 amide bonds. The van der Waals surface area contributed by atoms with Gasteiger partial charge in [-0.05, 0) is 19.9 Å². The minimum absolute atomic E-state index is 0.0109. The minimum atomic E-state index is -4.49. The van der Waals surface area contributed by atoms with Crippen molar-refractivity contribution in [3.8, 4) is 0 Å². The summed E-state index contributed by atoms with van der Waals surface area (Å²) in [6.45, 7) is 3.54. The van der Waals surface area contributed by atoms with E-state index in [2.05, 4.69) is 10.1 Å². The number of allylic oxidation sites excluding steroid dienone is 2. The highest BCUT2D eigenvalue weighted by molar-refractivity contribution is 5.92. The molecule has 2 saturated heterocycles. The van der Waals surface area contributed by atoms with E-state index < -0.39 is 24.5 Å². The molecule has 2 aliphatic rings. The molecule has 2 rings (SSSR count). The van der Waals surface area contributed by atoms with Gasteiger partial charge in [0.1, 0.15) is 5.76 Å². The number of nitrogens with one attached hydrogen (secondary N) is 1. The average molecular weight is 382 g/mol. The zero-order chi connectivity index (χ0) is 19.3. The first-order valence-corrected chi connectivity index (χ1v) is 8.15. The standard InChI is InChI=1S/C16H22F4N2O4/c1-10(11(2)26-9-16(18,19)20)21-15(23)12(17)3-4-22-7-13-14(8-22)25-6-5-24-13/h3,13-14H,4-9H2,1-2H3,(H,21,23). The zero-order valence-electron chi connectivity index (χ0n) is 14.6. The maximum absolute atomic E-state index is 13.9. The predicted molar refractivity (Wildman–Crippen MR) is 83.6 cm³/mol. The van der Waals surface area contributed by atoms with Crippen LogP contribution >= 0.6 is 0 Å². The lowest BCUT2D eigenvalue weighted by atomic mass is 10.2.